The van der Waals surface area contributed by atoms with E-state index in [-0.39, 0.29) is 5.54 Å². The van der Waals surface area contributed by atoms with Crippen LogP contribution in [0.5, 0.6) is 0 Å². The number of rotatable bonds is 5. The number of hydrogen-bond donors (Lipinski definition) is 0. The second kappa shape index (κ2) is 5.55. The van der Waals surface area contributed by atoms with Gasteiger partial charge in [-0.15, -0.1) is 5.10 Å². The lowest BCUT2D eigenvalue weighted by molar-refractivity contribution is 0.238. The van der Waals surface area contributed by atoms with Crippen molar-refractivity contribution in [1.82, 2.24) is 15.0 Å². The molecule has 0 saturated carbocycles. The average Bonchev–Trinajstić information content (AvgIpc) is 2.83. The lowest BCUT2D eigenvalue weighted by Gasteiger charge is -2.33. The van der Waals surface area contributed by atoms with E-state index >= 15 is 0 Å². The fourth-order valence-corrected chi connectivity index (χ4v) is 2.73. The van der Waals surface area contributed by atoms with Gasteiger partial charge in [-0.2, -0.15) is 0 Å². The van der Waals surface area contributed by atoms with Crippen molar-refractivity contribution in [2.45, 2.75) is 46.1 Å². The minimum absolute atomic E-state index is 0.124. The summed E-state index contributed by atoms with van der Waals surface area (Å²) >= 11 is 0. The summed E-state index contributed by atoms with van der Waals surface area (Å²) in [6.45, 7) is 8.83. The molecule has 2 rings (SSSR count). The lowest BCUT2D eigenvalue weighted by Crippen LogP contribution is -2.36. The predicted octanol–water partition coefficient (Wildman–Crippen LogP) is 4.16. The fourth-order valence-electron chi connectivity index (χ4n) is 2.73. The summed E-state index contributed by atoms with van der Waals surface area (Å²) in [6.07, 6.45) is 6.72. The van der Waals surface area contributed by atoms with Crippen LogP contribution < -0.4 is 0 Å². The third kappa shape index (κ3) is 2.42. The highest BCUT2D eigenvalue weighted by atomic mass is 15.5. The highest BCUT2D eigenvalue weighted by Crippen LogP contribution is 2.32. The van der Waals surface area contributed by atoms with E-state index < -0.39 is 0 Å². The molecule has 0 fully saturated rings. The fraction of sp³-hybridized carbons (Fsp3) is 0.500. The molecule has 1 heterocycles. The van der Waals surface area contributed by atoms with Crippen LogP contribution in [-0.4, -0.2) is 15.0 Å². The van der Waals surface area contributed by atoms with Gasteiger partial charge in [0, 0.05) is 0 Å². The first kappa shape index (κ1) is 13.8. The van der Waals surface area contributed by atoms with Gasteiger partial charge in [0.2, 0.25) is 0 Å². The van der Waals surface area contributed by atoms with Crippen molar-refractivity contribution in [2.75, 3.05) is 0 Å². The van der Waals surface area contributed by atoms with E-state index in [0.29, 0.717) is 5.92 Å². The maximum atomic E-state index is 4.40. The van der Waals surface area contributed by atoms with Crippen molar-refractivity contribution in [3.63, 3.8) is 0 Å². The Bertz CT molecular complexity index is 570. The molecule has 0 radical (unpaired) electrons. The molecule has 1 aromatic heterocycles. The first-order chi connectivity index (χ1) is 9.13. The standard InChI is InChI=1S/C16H23N3/c1-5-9-13(3)16(4,12-6-2)19-15-11-8-7-10-14(15)17-18-19/h6-8,10-13H,5,9H2,1-4H3. The Labute approximate surface area is 115 Å². The molecule has 1 aromatic carbocycles. The van der Waals surface area contributed by atoms with Crippen LogP contribution in [0.2, 0.25) is 0 Å². The minimum atomic E-state index is -0.124. The van der Waals surface area contributed by atoms with E-state index in [2.05, 4.69) is 60.9 Å². The Morgan fingerprint density at radius 2 is 2.11 bits per heavy atom. The van der Waals surface area contributed by atoms with Gasteiger partial charge < -0.3 is 0 Å². The summed E-state index contributed by atoms with van der Waals surface area (Å²) in [4.78, 5) is 0. The Morgan fingerprint density at radius 3 is 2.79 bits per heavy atom. The maximum absolute atomic E-state index is 4.40. The van der Waals surface area contributed by atoms with E-state index in [0.717, 1.165) is 11.0 Å². The van der Waals surface area contributed by atoms with Crippen LogP contribution in [0.15, 0.2) is 36.4 Å². The van der Waals surface area contributed by atoms with E-state index in [9.17, 15) is 0 Å². The largest absolute Gasteiger partial charge is 0.235 e. The van der Waals surface area contributed by atoms with Crippen molar-refractivity contribution in [3.8, 4) is 0 Å². The van der Waals surface area contributed by atoms with Gasteiger partial charge >= 0.3 is 0 Å². The molecule has 0 N–H and O–H groups in total. The van der Waals surface area contributed by atoms with Gasteiger partial charge in [0.1, 0.15) is 5.52 Å². The van der Waals surface area contributed by atoms with Crippen molar-refractivity contribution >= 4 is 11.0 Å². The number of hydrogen-bond acceptors (Lipinski definition) is 2. The highest BCUT2D eigenvalue weighted by molar-refractivity contribution is 5.74. The van der Waals surface area contributed by atoms with Gasteiger partial charge in [-0.05, 0) is 38.3 Å². The zero-order valence-corrected chi connectivity index (χ0v) is 12.3. The number of fused-ring (bicyclic) bond motifs is 1. The van der Waals surface area contributed by atoms with Gasteiger partial charge in [-0.1, -0.05) is 49.8 Å². The number of aromatic nitrogens is 3. The Hall–Kier alpha value is -1.64. The van der Waals surface area contributed by atoms with Gasteiger partial charge in [-0.3, -0.25) is 0 Å². The summed E-state index contributed by atoms with van der Waals surface area (Å²) in [5.74, 6) is 0.513. The van der Waals surface area contributed by atoms with Crippen molar-refractivity contribution in [3.05, 3.63) is 36.4 Å². The molecule has 2 atom stereocenters. The third-order valence-electron chi connectivity index (χ3n) is 4.03. The van der Waals surface area contributed by atoms with Crippen LogP contribution in [0.25, 0.3) is 11.0 Å². The van der Waals surface area contributed by atoms with Crippen molar-refractivity contribution in [1.29, 1.82) is 0 Å². The molecule has 3 nitrogen and oxygen atoms in total. The SMILES string of the molecule is CC=CC(C)(C(C)CCC)n1nnc2ccccc21. The normalized spacial score (nSPS) is 16.8. The number of para-hydroxylation sites is 1. The van der Waals surface area contributed by atoms with Gasteiger partial charge in [0.05, 0.1) is 11.1 Å². The topological polar surface area (TPSA) is 30.7 Å². The summed E-state index contributed by atoms with van der Waals surface area (Å²) in [7, 11) is 0. The average molecular weight is 257 g/mol. The second-order valence-corrected chi connectivity index (χ2v) is 5.41. The highest BCUT2D eigenvalue weighted by Gasteiger charge is 2.32. The molecule has 102 valence electrons. The molecule has 0 amide bonds. The molecule has 19 heavy (non-hydrogen) atoms. The summed E-state index contributed by atoms with van der Waals surface area (Å²) in [5.41, 5.74) is 1.94. The molecule has 3 heteroatoms. The monoisotopic (exact) mass is 257 g/mol. The zero-order valence-electron chi connectivity index (χ0n) is 12.3. The molecule has 0 bridgehead atoms. The minimum Gasteiger partial charge on any atom is -0.235 e. The van der Waals surface area contributed by atoms with Gasteiger partial charge in [0.25, 0.3) is 0 Å². The molecule has 0 aliphatic heterocycles. The van der Waals surface area contributed by atoms with E-state index in [1.807, 2.05) is 18.2 Å². The molecule has 0 spiro atoms. The second-order valence-electron chi connectivity index (χ2n) is 5.41. The first-order valence-corrected chi connectivity index (χ1v) is 7.08. The Kier molecular flexibility index (Phi) is 4.03. The zero-order chi connectivity index (χ0) is 13.9. The van der Waals surface area contributed by atoms with E-state index in [1.165, 1.54) is 12.8 Å². The number of allylic oxidation sites excluding steroid dienone is 2. The molecule has 0 aliphatic rings. The summed E-state index contributed by atoms with van der Waals surface area (Å²) in [6, 6.07) is 8.15. The van der Waals surface area contributed by atoms with Crippen molar-refractivity contribution < 1.29 is 0 Å². The van der Waals surface area contributed by atoms with Crippen LogP contribution >= 0.6 is 0 Å². The molecule has 2 unspecified atom stereocenters. The number of benzene rings is 1. The summed E-state index contributed by atoms with van der Waals surface area (Å²) in [5, 5.41) is 8.69. The Balaban J connectivity index is 2.55. The molecular weight excluding hydrogens is 234 g/mol. The van der Waals surface area contributed by atoms with Crippen LogP contribution in [-0.2, 0) is 5.54 Å². The number of nitrogens with zero attached hydrogens (tertiary/aromatic N) is 3. The third-order valence-corrected chi connectivity index (χ3v) is 4.03. The summed E-state index contributed by atoms with van der Waals surface area (Å²) < 4.78 is 2.07. The van der Waals surface area contributed by atoms with Crippen LogP contribution in [0.4, 0.5) is 0 Å². The van der Waals surface area contributed by atoms with Crippen LogP contribution in [0.3, 0.4) is 0 Å². The lowest BCUT2D eigenvalue weighted by atomic mass is 9.83. The van der Waals surface area contributed by atoms with E-state index in [1.54, 1.807) is 0 Å². The van der Waals surface area contributed by atoms with Gasteiger partial charge in [0.15, 0.2) is 0 Å². The van der Waals surface area contributed by atoms with Crippen LogP contribution in [0.1, 0.15) is 40.5 Å². The van der Waals surface area contributed by atoms with Crippen LogP contribution in [0, 0.1) is 5.92 Å². The predicted molar refractivity (Wildman–Crippen MR) is 80.1 cm³/mol. The van der Waals surface area contributed by atoms with Gasteiger partial charge in [-0.25, -0.2) is 4.68 Å². The Morgan fingerprint density at radius 1 is 1.37 bits per heavy atom. The first-order valence-electron chi connectivity index (χ1n) is 7.08. The molecule has 0 saturated heterocycles. The molecule has 0 aliphatic carbocycles. The molecular formula is C16H23N3. The maximum Gasteiger partial charge on any atom is 0.113 e. The quantitative estimate of drug-likeness (QED) is 0.753. The smallest absolute Gasteiger partial charge is 0.113 e. The molecule has 2 aromatic rings. The van der Waals surface area contributed by atoms with Crippen molar-refractivity contribution in [2.24, 2.45) is 5.92 Å². The van der Waals surface area contributed by atoms with E-state index in [4.69, 9.17) is 0 Å².